The molecule has 3 nitrogen and oxygen atoms in total. The second-order valence-electron chi connectivity index (χ2n) is 4.43. The molecule has 0 bridgehead atoms. The zero-order chi connectivity index (χ0) is 11.8. The van der Waals surface area contributed by atoms with Crippen LogP contribution in [0, 0.1) is 3.57 Å². The van der Waals surface area contributed by atoms with Crippen molar-refractivity contribution in [3.8, 4) is 0 Å². The SMILES string of the molecule is Sn1cc(I)c2cc(N3CCCCC3)cnc21. The second-order valence-corrected chi connectivity index (χ2v) is 6.03. The third-order valence-corrected chi connectivity index (χ3v) is 4.45. The number of anilines is 1. The summed E-state index contributed by atoms with van der Waals surface area (Å²) < 4.78 is 3.00. The Kier molecular flexibility index (Phi) is 3.21. The fourth-order valence-electron chi connectivity index (χ4n) is 2.37. The van der Waals surface area contributed by atoms with Crippen LogP contribution >= 0.6 is 35.4 Å². The summed E-state index contributed by atoms with van der Waals surface area (Å²) in [4.78, 5) is 6.95. The van der Waals surface area contributed by atoms with Gasteiger partial charge >= 0.3 is 0 Å². The van der Waals surface area contributed by atoms with Crippen molar-refractivity contribution in [1.29, 1.82) is 0 Å². The van der Waals surface area contributed by atoms with Crippen LogP contribution in [0.3, 0.4) is 0 Å². The maximum Gasteiger partial charge on any atom is 0.150 e. The summed E-state index contributed by atoms with van der Waals surface area (Å²) >= 11 is 6.71. The predicted molar refractivity (Wildman–Crippen MR) is 82.9 cm³/mol. The highest BCUT2D eigenvalue weighted by atomic mass is 127. The van der Waals surface area contributed by atoms with Crippen LogP contribution in [-0.2, 0) is 0 Å². The first-order valence-electron chi connectivity index (χ1n) is 5.86. The summed E-state index contributed by atoms with van der Waals surface area (Å²) in [7, 11) is 0. The van der Waals surface area contributed by atoms with Crippen molar-refractivity contribution in [2.24, 2.45) is 0 Å². The maximum absolute atomic E-state index is 4.52. The van der Waals surface area contributed by atoms with Gasteiger partial charge in [0.1, 0.15) is 0 Å². The largest absolute Gasteiger partial charge is 0.370 e. The molecule has 0 spiro atoms. The maximum atomic E-state index is 4.52. The first-order chi connectivity index (χ1) is 8.25. The van der Waals surface area contributed by atoms with Crippen LogP contribution in [0.2, 0.25) is 0 Å². The van der Waals surface area contributed by atoms with Crippen LogP contribution in [0.4, 0.5) is 5.69 Å². The zero-order valence-corrected chi connectivity index (χ0v) is 12.5. The Balaban J connectivity index is 2.03. The van der Waals surface area contributed by atoms with Crippen LogP contribution in [0.25, 0.3) is 11.0 Å². The molecule has 2 aromatic rings. The Morgan fingerprint density at radius 2 is 2.00 bits per heavy atom. The van der Waals surface area contributed by atoms with Gasteiger partial charge in [-0.2, -0.15) is 0 Å². The Bertz CT molecular complexity index is 546. The summed E-state index contributed by atoms with van der Waals surface area (Å²) in [6.07, 6.45) is 7.92. The Hall–Kier alpha value is -0.430. The van der Waals surface area contributed by atoms with E-state index in [2.05, 4.69) is 51.4 Å². The average molecular weight is 359 g/mol. The van der Waals surface area contributed by atoms with E-state index >= 15 is 0 Å². The number of rotatable bonds is 1. The zero-order valence-electron chi connectivity index (χ0n) is 9.43. The molecular formula is C12H14IN3S. The number of nitrogens with zero attached hydrogens (tertiary/aromatic N) is 3. The minimum atomic E-state index is 0.943. The summed E-state index contributed by atoms with van der Waals surface area (Å²) in [5, 5.41) is 1.20. The molecule has 0 amide bonds. The highest BCUT2D eigenvalue weighted by Crippen LogP contribution is 2.27. The number of hydrogen-bond donors (Lipinski definition) is 1. The molecule has 0 aliphatic carbocycles. The number of aromatic nitrogens is 2. The molecule has 3 heterocycles. The monoisotopic (exact) mass is 359 g/mol. The molecule has 2 aromatic heterocycles. The lowest BCUT2D eigenvalue weighted by atomic mass is 10.1. The molecule has 0 unspecified atom stereocenters. The molecule has 0 N–H and O–H groups in total. The van der Waals surface area contributed by atoms with Crippen LogP contribution < -0.4 is 4.90 Å². The first kappa shape index (κ1) is 11.6. The molecule has 1 aliphatic rings. The van der Waals surface area contributed by atoms with Crippen molar-refractivity contribution in [1.82, 2.24) is 8.96 Å². The molecule has 3 rings (SSSR count). The van der Waals surface area contributed by atoms with Crippen LogP contribution in [0.15, 0.2) is 18.5 Å². The van der Waals surface area contributed by atoms with Gasteiger partial charge in [-0.15, -0.1) is 0 Å². The van der Waals surface area contributed by atoms with Crippen molar-refractivity contribution in [3.63, 3.8) is 0 Å². The van der Waals surface area contributed by atoms with Gasteiger partial charge in [-0.05, 0) is 47.9 Å². The third kappa shape index (κ3) is 2.14. The normalized spacial score (nSPS) is 16.7. The van der Waals surface area contributed by atoms with E-state index in [1.807, 2.05) is 12.4 Å². The van der Waals surface area contributed by atoms with E-state index in [1.54, 1.807) is 3.97 Å². The van der Waals surface area contributed by atoms with Crippen molar-refractivity contribution in [3.05, 3.63) is 22.0 Å². The number of fused-ring (bicyclic) bond motifs is 1. The topological polar surface area (TPSA) is 21.1 Å². The van der Waals surface area contributed by atoms with E-state index < -0.39 is 0 Å². The molecule has 0 saturated carbocycles. The van der Waals surface area contributed by atoms with Gasteiger partial charge in [0.2, 0.25) is 0 Å². The number of hydrogen-bond acceptors (Lipinski definition) is 3. The summed E-state index contributed by atoms with van der Waals surface area (Å²) in [5.41, 5.74) is 2.19. The van der Waals surface area contributed by atoms with Crippen molar-refractivity contribution < 1.29 is 0 Å². The molecule has 17 heavy (non-hydrogen) atoms. The van der Waals surface area contributed by atoms with Gasteiger partial charge in [0, 0.05) is 28.2 Å². The van der Waals surface area contributed by atoms with Crippen molar-refractivity contribution in [2.75, 3.05) is 18.0 Å². The molecule has 0 radical (unpaired) electrons. The van der Waals surface area contributed by atoms with E-state index in [1.165, 1.54) is 33.9 Å². The van der Waals surface area contributed by atoms with E-state index in [-0.39, 0.29) is 0 Å². The Morgan fingerprint density at radius 3 is 2.76 bits per heavy atom. The predicted octanol–water partition coefficient (Wildman–Crippen LogP) is 3.32. The van der Waals surface area contributed by atoms with Gasteiger partial charge < -0.3 is 4.90 Å². The lowest BCUT2D eigenvalue weighted by molar-refractivity contribution is 0.577. The minimum absolute atomic E-state index is 0.943. The van der Waals surface area contributed by atoms with Gasteiger partial charge in [-0.3, -0.25) is 3.97 Å². The second kappa shape index (κ2) is 4.68. The standard InChI is InChI=1S/C12H14IN3S/c13-11-8-16(17)12-10(11)6-9(7-14-12)15-4-2-1-3-5-15/h6-8,17H,1-5H2. The van der Waals surface area contributed by atoms with E-state index in [9.17, 15) is 0 Å². The van der Waals surface area contributed by atoms with Gasteiger partial charge in [-0.1, -0.05) is 12.8 Å². The molecule has 5 heteroatoms. The number of piperidine rings is 1. The van der Waals surface area contributed by atoms with E-state index in [0.29, 0.717) is 0 Å². The van der Waals surface area contributed by atoms with E-state index in [4.69, 9.17) is 0 Å². The van der Waals surface area contributed by atoms with Gasteiger partial charge in [-0.25, -0.2) is 4.98 Å². The fourth-order valence-corrected chi connectivity index (χ4v) is 3.54. The number of pyridine rings is 1. The summed E-state index contributed by atoms with van der Waals surface area (Å²) in [6.45, 7) is 2.32. The van der Waals surface area contributed by atoms with Crippen molar-refractivity contribution in [2.45, 2.75) is 19.3 Å². The van der Waals surface area contributed by atoms with Gasteiger partial charge in [0.05, 0.1) is 11.9 Å². The lowest BCUT2D eigenvalue weighted by Gasteiger charge is -2.28. The molecule has 1 fully saturated rings. The molecule has 0 aromatic carbocycles. The molecule has 1 saturated heterocycles. The van der Waals surface area contributed by atoms with Crippen LogP contribution in [0.1, 0.15) is 19.3 Å². The lowest BCUT2D eigenvalue weighted by Crippen LogP contribution is -2.29. The highest BCUT2D eigenvalue weighted by molar-refractivity contribution is 14.1. The van der Waals surface area contributed by atoms with Gasteiger partial charge in [0.15, 0.2) is 5.65 Å². The smallest absolute Gasteiger partial charge is 0.150 e. The van der Waals surface area contributed by atoms with Crippen molar-refractivity contribution >= 4 is 52.1 Å². The van der Waals surface area contributed by atoms with Gasteiger partial charge in [0.25, 0.3) is 0 Å². The quantitative estimate of drug-likeness (QED) is 0.623. The molecule has 90 valence electrons. The average Bonchev–Trinajstić information content (AvgIpc) is 2.66. The van der Waals surface area contributed by atoms with Crippen LogP contribution in [0.5, 0.6) is 0 Å². The highest BCUT2D eigenvalue weighted by Gasteiger charge is 2.13. The third-order valence-electron chi connectivity index (χ3n) is 3.28. The molecular weight excluding hydrogens is 345 g/mol. The number of thiol groups is 1. The first-order valence-corrected chi connectivity index (χ1v) is 7.34. The number of halogens is 1. The molecule has 1 aliphatic heterocycles. The Labute approximate surface area is 120 Å². The van der Waals surface area contributed by atoms with Crippen LogP contribution in [-0.4, -0.2) is 22.0 Å². The summed E-state index contributed by atoms with van der Waals surface area (Å²) in [6, 6.07) is 2.24. The fraction of sp³-hybridized carbons (Fsp3) is 0.417. The minimum Gasteiger partial charge on any atom is -0.370 e. The molecule has 0 atom stereocenters. The van der Waals surface area contributed by atoms with E-state index in [0.717, 1.165) is 18.7 Å². The Morgan fingerprint density at radius 1 is 1.24 bits per heavy atom. The summed E-state index contributed by atoms with van der Waals surface area (Å²) in [5.74, 6) is 0.